The first kappa shape index (κ1) is 11.1. The van der Waals surface area contributed by atoms with Crippen molar-refractivity contribution in [2.24, 2.45) is 0 Å². The van der Waals surface area contributed by atoms with Gasteiger partial charge in [-0.05, 0) is 49.5 Å². The lowest BCUT2D eigenvalue weighted by atomic mass is 9.86. The van der Waals surface area contributed by atoms with Crippen LogP contribution in [0.25, 0.3) is 33.3 Å². The second kappa shape index (κ2) is 6.24. The summed E-state index contributed by atoms with van der Waals surface area (Å²) in [6.45, 7) is 1.98. The van der Waals surface area contributed by atoms with Crippen LogP contribution >= 0.6 is 0 Å². The van der Waals surface area contributed by atoms with Crippen molar-refractivity contribution in [2.75, 3.05) is 0 Å². The molecule has 0 amide bonds. The molecule has 1 aliphatic carbocycles. The average Bonchev–Trinajstić information content (AvgIpc) is 3.10. The molecule has 0 radical (unpaired) electrons. The van der Waals surface area contributed by atoms with Crippen molar-refractivity contribution in [1.82, 2.24) is 9.97 Å². The maximum absolute atomic E-state index is 8.91. The molecule has 0 N–H and O–H groups in total. The van der Waals surface area contributed by atoms with Crippen LogP contribution in [0.1, 0.15) is 56.0 Å². The van der Waals surface area contributed by atoms with Crippen molar-refractivity contribution in [1.29, 1.82) is 0 Å². The predicted molar refractivity (Wildman–Crippen MR) is 105 cm³/mol. The van der Waals surface area contributed by atoms with Crippen LogP contribution in [0.2, 0.25) is 0 Å². The third kappa shape index (κ3) is 2.59. The van der Waals surface area contributed by atoms with Crippen molar-refractivity contribution in [3.05, 3.63) is 59.9 Å². The summed E-state index contributed by atoms with van der Waals surface area (Å²) in [6.07, 6.45) is -1.64. The fraction of sp³-hybridized carbons (Fsp3) is 0.304. The molecular formula is C23H22N2O. The Morgan fingerprint density at radius 1 is 1.04 bits per heavy atom. The third-order valence-corrected chi connectivity index (χ3v) is 4.76. The molecule has 3 aromatic heterocycles. The Morgan fingerprint density at radius 2 is 1.92 bits per heavy atom. The largest absolute Gasteiger partial charge is 0.437 e. The summed E-state index contributed by atoms with van der Waals surface area (Å²) < 4.78 is 48.7. The molecule has 5 rings (SSSR count). The van der Waals surface area contributed by atoms with Crippen molar-refractivity contribution >= 4 is 22.1 Å². The summed E-state index contributed by atoms with van der Waals surface area (Å²) in [4.78, 5) is 8.99. The summed E-state index contributed by atoms with van der Waals surface area (Å²) in [7, 11) is 0. The van der Waals surface area contributed by atoms with Crippen LogP contribution in [-0.2, 0) is 0 Å². The molecule has 0 spiro atoms. The van der Waals surface area contributed by atoms with Gasteiger partial charge in [-0.25, -0.2) is 4.98 Å². The Hall–Kier alpha value is -2.68. The quantitative estimate of drug-likeness (QED) is 0.421. The van der Waals surface area contributed by atoms with Crippen LogP contribution in [0.4, 0.5) is 0 Å². The number of benzene rings is 1. The number of aromatic nitrogens is 2. The van der Waals surface area contributed by atoms with Gasteiger partial charge in [-0.2, -0.15) is 0 Å². The molecular weight excluding hydrogens is 320 g/mol. The van der Waals surface area contributed by atoms with E-state index in [0.717, 1.165) is 27.6 Å². The van der Waals surface area contributed by atoms with Gasteiger partial charge in [-0.1, -0.05) is 37.5 Å². The van der Waals surface area contributed by atoms with E-state index >= 15 is 0 Å². The molecule has 26 heavy (non-hydrogen) atoms. The normalized spacial score (nSPS) is 23.7. The number of hydrogen-bond donors (Lipinski definition) is 0. The van der Waals surface area contributed by atoms with E-state index in [0.29, 0.717) is 12.0 Å². The fourth-order valence-corrected chi connectivity index (χ4v) is 3.41. The Labute approximate surface area is 160 Å². The molecule has 3 heteroatoms. The molecule has 1 aliphatic rings. The van der Waals surface area contributed by atoms with Gasteiger partial charge < -0.3 is 4.42 Å². The number of nitrogens with zero attached hydrogens (tertiary/aromatic N) is 2. The van der Waals surface area contributed by atoms with E-state index in [-0.39, 0.29) is 24.2 Å². The van der Waals surface area contributed by atoms with E-state index in [1.807, 2.05) is 37.3 Å². The number of para-hydroxylation sites is 1. The van der Waals surface area contributed by atoms with Gasteiger partial charge in [0.1, 0.15) is 5.58 Å². The van der Waals surface area contributed by atoms with Crippen molar-refractivity contribution in [3.8, 4) is 11.3 Å². The third-order valence-electron chi connectivity index (χ3n) is 4.76. The second-order valence-corrected chi connectivity index (χ2v) is 6.64. The maximum Gasteiger partial charge on any atom is 0.227 e. The maximum atomic E-state index is 8.91. The molecule has 1 aromatic carbocycles. The molecule has 1 saturated carbocycles. The zero-order chi connectivity index (χ0) is 22.0. The summed E-state index contributed by atoms with van der Waals surface area (Å²) in [5.74, 6) is -2.12. The topological polar surface area (TPSA) is 38.9 Å². The van der Waals surface area contributed by atoms with E-state index in [1.165, 1.54) is 0 Å². The molecule has 4 aromatic rings. The van der Waals surface area contributed by atoms with Crippen LogP contribution < -0.4 is 0 Å². The summed E-state index contributed by atoms with van der Waals surface area (Å²) in [5, 5.41) is 1.59. The van der Waals surface area contributed by atoms with Crippen LogP contribution in [0, 0.1) is 6.92 Å². The van der Waals surface area contributed by atoms with Crippen LogP contribution in [-0.4, -0.2) is 9.97 Å². The van der Waals surface area contributed by atoms with Crippen molar-refractivity contribution in [3.63, 3.8) is 0 Å². The fourth-order valence-electron chi connectivity index (χ4n) is 3.41. The van der Waals surface area contributed by atoms with E-state index < -0.39 is 18.6 Å². The Kier molecular flexibility index (Phi) is 2.67. The minimum atomic E-state index is -2.12. The van der Waals surface area contributed by atoms with Crippen molar-refractivity contribution in [2.45, 2.75) is 44.8 Å². The molecule has 3 heterocycles. The van der Waals surface area contributed by atoms with E-state index in [2.05, 4.69) is 9.97 Å². The molecule has 1 fully saturated rings. The second-order valence-electron chi connectivity index (χ2n) is 6.64. The van der Waals surface area contributed by atoms with E-state index in [9.17, 15) is 0 Å². The average molecular weight is 347 g/mol. The van der Waals surface area contributed by atoms with E-state index in [4.69, 9.17) is 11.3 Å². The summed E-state index contributed by atoms with van der Waals surface area (Å²) in [6, 6.07) is 13.0. The number of fused-ring (bicyclic) bond motifs is 3. The Bertz CT molecular complexity index is 1280. The predicted octanol–water partition coefficient (Wildman–Crippen LogP) is 6.40. The van der Waals surface area contributed by atoms with Gasteiger partial charge in [0.05, 0.1) is 5.69 Å². The van der Waals surface area contributed by atoms with E-state index in [1.54, 1.807) is 18.3 Å². The van der Waals surface area contributed by atoms with Gasteiger partial charge >= 0.3 is 0 Å². The van der Waals surface area contributed by atoms with Gasteiger partial charge in [-0.15, -0.1) is 0 Å². The molecule has 0 bridgehead atoms. The lowest BCUT2D eigenvalue weighted by molar-refractivity contribution is 0.436. The summed E-state index contributed by atoms with van der Waals surface area (Å²) in [5.41, 5.74) is 3.60. The van der Waals surface area contributed by atoms with Crippen molar-refractivity contribution < 1.29 is 11.3 Å². The van der Waals surface area contributed by atoms with Gasteiger partial charge in [0.25, 0.3) is 0 Å². The smallest absolute Gasteiger partial charge is 0.227 e. The minimum Gasteiger partial charge on any atom is -0.437 e. The zero-order valence-corrected chi connectivity index (χ0v) is 14.5. The molecule has 0 saturated heterocycles. The van der Waals surface area contributed by atoms with Gasteiger partial charge in [0, 0.05) is 41.0 Å². The van der Waals surface area contributed by atoms with Crippen LogP contribution in [0.5, 0.6) is 0 Å². The van der Waals surface area contributed by atoms with Crippen LogP contribution in [0.3, 0.4) is 0 Å². The first-order valence-electron chi connectivity index (χ1n) is 11.4. The first-order valence-corrected chi connectivity index (χ1v) is 8.90. The SMILES string of the molecule is [2H]C1([2H])CCCC([2H])([2H])C1([2H])c1ccc2c(n1)oc1c(-c3ccc(C)cn3)cccc12. The lowest BCUT2D eigenvalue weighted by Crippen LogP contribution is -2.06. The molecule has 0 aliphatic heterocycles. The highest BCUT2D eigenvalue weighted by Gasteiger charge is 2.19. The molecule has 130 valence electrons. The number of rotatable bonds is 2. The van der Waals surface area contributed by atoms with Gasteiger partial charge in [0.2, 0.25) is 5.71 Å². The van der Waals surface area contributed by atoms with Gasteiger partial charge in [0.15, 0.2) is 0 Å². The number of furan rings is 1. The minimum absolute atomic E-state index is 0.0590. The summed E-state index contributed by atoms with van der Waals surface area (Å²) >= 11 is 0. The highest BCUT2D eigenvalue weighted by Crippen LogP contribution is 2.37. The Balaban J connectivity index is 1.72. The lowest BCUT2D eigenvalue weighted by Gasteiger charge is -2.20. The highest BCUT2D eigenvalue weighted by molar-refractivity contribution is 6.08. The highest BCUT2D eigenvalue weighted by atomic mass is 16.3. The molecule has 0 unspecified atom stereocenters. The zero-order valence-electron chi connectivity index (χ0n) is 19.5. The number of aryl methyl sites for hydroxylation is 1. The monoisotopic (exact) mass is 347 g/mol. The Morgan fingerprint density at radius 3 is 2.73 bits per heavy atom. The van der Waals surface area contributed by atoms with Crippen LogP contribution in [0.15, 0.2) is 53.1 Å². The number of hydrogen-bond acceptors (Lipinski definition) is 3. The standard InChI is InChI=1S/C23H22N2O/c1-15-10-12-21(24-14-15)19-9-5-8-17-18-11-13-20(16-6-3-2-4-7-16)25-23(18)26-22(17)19/h5,8-14,16H,2-4,6-7H2,1H3/i6D2,7D2,16D. The molecule has 0 atom stereocenters. The van der Waals surface area contributed by atoms with Gasteiger partial charge in [-0.3, -0.25) is 4.98 Å². The first-order chi connectivity index (χ1) is 14.6. The number of pyridine rings is 2. The molecule has 3 nitrogen and oxygen atoms in total.